The van der Waals surface area contributed by atoms with Crippen LogP contribution in [-0.2, 0) is 22.5 Å². The van der Waals surface area contributed by atoms with Crippen molar-refractivity contribution in [2.24, 2.45) is 5.92 Å². The molecule has 0 radical (unpaired) electrons. The van der Waals surface area contributed by atoms with Crippen LogP contribution in [0.15, 0.2) is 6.20 Å². The monoisotopic (exact) mass is 224 g/mol. The van der Waals surface area contributed by atoms with Crippen LogP contribution in [0.4, 0.5) is 0 Å². The van der Waals surface area contributed by atoms with Gasteiger partial charge in [0.25, 0.3) is 0 Å². The van der Waals surface area contributed by atoms with Crippen LogP contribution in [0.1, 0.15) is 31.5 Å². The first-order chi connectivity index (χ1) is 7.72. The van der Waals surface area contributed by atoms with E-state index in [0.717, 1.165) is 19.4 Å². The van der Waals surface area contributed by atoms with Crippen molar-refractivity contribution < 1.29 is 9.53 Å². The van der Waals surface area contributed by atoms with E-state index in [1.807, 2.05) is 31.6 Å². The summed E-state index contributed by atoms with van der Waals surface area (Å²) in [7, 11) is 1.45. The van der Waals surface area contributed by atoms with Crippen molar-refractivity contribution in [3.63, 3.8) is 0 Å². The predicted octanol–water partition coefficient (Wildman–Crippen LogP) is 1.95. The fourth-order valence-corrected chi connectivity index (χ4v) is 1.94. The minimum absolute atomic E-state index is 0.0166. The van der Waals surface area contributed by atoms with Crippen LogP contribution in [0, 0.1) is 12.8 Å². The molecule has 1 aromatic rings. The normalized spacial score (nSPS) is 18.1. The molecule has 1 atom stereocenters. The number of esters is 1. The van der Waals surface area contributed by atoms with E-state index in [-0.39, 0.29) is 11.9 Å². The molecule has 1 aliphatic heterocycles. The lowest BCUT2D eigenvalue weighted by atomic mass is 9.95. The van der Waals surface area contributed by atoms with Crippen molar-refractivity contribution >= 4 is 5.97 Å². The van der Waals surface area contributed by atoms with Crippen LogP contribution in [0.2, 0.25) is 0 Å². The Morgan fingerprint density at radius 2 is 2.25 bits per heavy atom. The summed E-state index contributed by atoms with van der Waals surface area (Å²) in [5.74, 6) is -0.0836. The molecule has 0 fully saturated rings. The first-order valence-corrected chi connectivity index (χ1v) is 5.81. The second-order valence-corrected chi connectivity index (χ2v) is 3.71. The first-order valence-electron chi connectivity index (χ1n) is 5.81. The molecule has 90 valence electrons. The number of ether oxygens (including phenoxy) is 1. The molecule has 4 nitrogen and oxygen atoms in total. The van der Waals surface area contributed by atoms with Crippen molar-refractivity contribution in [2.45, 2.75) is 40.2 Å². The number of carbonyl (C=O) groups is 1. The largest absolute Gasteiger partial charge is 0.469 e. The van der Waals surface area contributed by atoms with E-state index in [1.54, 1.807) is 0 Å². The molecule has 0 aliphatic carbocycles. The molecule has 1 aliphatic rings. The highest BCUT2D eigenvalue weighted by molar-refractivity contribution is 5.72. The van der Waals surface area contributed by atoms with Crippen molar-refractivity contribution in [1.29, 1.82) is 0 Å². The van der Waals surface area contributed by atoms with Crippen LogP contribution in [0.5, 0.6) is 0 Å². The van der Waals surface area contributed by atoms with E-state index >= 15 is 0 Å². The Balaban J connectivity index is 0.000000606. The highest BCUT2D eigenvalue weighted by Gasteiger charge is 2.26. The molecular formula is C12H20N2O2. The average Bonchev–Trinajstić information content (AvgIpc) is 2.72. The van der Waals surface area contributed by atoms with Crippen LogP contribution < -0.4 is 0 Å². The molecule has 0 N–H and O–H groups in total. The van der Waals surface area contributed by atoms with Gasteiger partial charge in [-0.15, -0.1) is 0 Å². The van der Waals surface area contributed by atoms with Gasteiger partial charge in [-0.05, 0) is 18.9 Å². The molecule has 2 heterocycles. The lowest BCUT2D eigenvalue weighted by Gasteiger charge is -2.21. The Morgan fingerprint density at radius 3 is 2.88 bits per heavy atom. The van der Waals surface area contributed by atoms with Gasteiger partial charge in [-0.3, -0.25) is 9.48 Å². The average molecular weight is 224 g/mol. The maximum atomic E-state index is 11.4. The van der Waals surface area contributed by atoms with Gasteiger partial charge in [-0.1, -0.05) is 13.8 Å². The smallest absolute Gasteiger partial charge is 0.309 e. The molecule has 4 heteroatoms. The van der Waals surface area contributed by atoms with Crippen molar-refractivity contribution in [1.82, 2.24) is 9.78 Å². The van der Waals surface area contributed by atoms with Gasteiger partial charge in [0, 0.05) is 18.7 Å². The Morgan fingerprint density at radius 1 is 1.56 bits per heavy atom. The minimum Gasteiger partial charge on any atom is -0.469 e. The molecule has 0 spiro atoms. The van der Waals surface area contributed by atoms with E-state index in [4.69, 9.17) is 4.74 Å². The zero-order valence-electron chi connectivity index (χ0n) is 10.5. The van der Waals surface area contributed by atoms with Crippen molar-refractivity contribution in [2.75, 3.05) is 7.11 Å². The van der Waals surface area contributed by atoms with Gasteiger partial charge in [-0.25, -0.2) is 0 Å². The number of hydrogen-bond acceptors (Lipinski definition) is 3. The lowest BCUT2D eigenvalue weighted by molar-refractivity contribution is -0.146. The highest BCUT2D eigenvalue weighted by atomic mass is 16.5. The predicted molar refractivity (Wildman–Crippen MR) is 62.1 cm³/mol. The molecule has 1 aromatic heterocycles. The summed E-state index contributed by atoms with van der Waals surface area (Å²) in [6, 6.07) is 0. The SMILES string of the molecule is CC.COC(=O)C1CCn2ncc(C)c2C1. The number of fused-ring (bicyclic) bond motifs is 1. The summed E-state index contributed by atoms with van der Waals surface area (Å²) >= 11 is 0. The molecule has 2 rings (SSSR count). The fraction of sp³-hybridized carbons (Fsp3) is 0.667. The molecule has 0 saturated carbocycles. The van der Waals surface area contributed by atoms with Crippen LogP contribution >= 0.6 is 0 Å². The zero-order chi connectivity index (χ0) is 12.1. The topological polar surface area (TPSA) is 44.1 Å². The lowest BCUT2D eigenvalue weighted by Crippen LogP contribution is -2.27. The number of carbonyl (C=O) groups excluding carboxylic acids is 1. The summed E-state index contributed by atoms with van der Waals surface area (Å²) in [4.78, 5) is 11.4. The van der Waals surface area contributed by atoms with Gasteiger partial charge in [0.1, 0.15) is 0 Å². The van der Waals surface area contributed by atoms with Crippen molar-refractivity contribution in [3.05, 3.63) is 17.5 Å². The van der Waals surface area contributed by atoms with E-state index in [1.165, 1.54) is 18.4 Å². The van der Waals surface area contributed by atoms with Gasteiger partial charge in [0.2, 0.25) is 0 Å². The number of aromatic nitrogens is 2. The van der Waals surface area contributed by atoms with Crippen LogP contribution in [0.3, 0.4) is 0 Å². The molecule has 0 aromatic carbocycles. The second kappa shape index (κ2) is 5.68. The summed E-state index contributed by atoms with van der Waals surface area (Å²) in [6.45, 7) is 6.85. The van der Waals surface area contributed by atoms with Gasteiger partial charge >= 0.3 is 5.97 Å². The molecule has 0 saturated heterocycles. The van der Waals surface area contributed by atoms with Crippen LogP contribution in [0.25, 0.3) is 0 Å². The Bertz CT molecular complexity index is 358. The summed E-state index contributed by atoms with van der Waals surface area (Å²) < 4.78 is 6.73. The zero-order valence-corrected chi connectivity index (χ0v) is 10.5. The number of hydrogen-bond donors (Lipinski definition) is 0. The van der Waals surface area contributed by atoms with Gasteiger partial charge in [-0.2, -0.15) is 5.10 Å². The van der Waals surface area contributed by atoms with E-state index in [0.29, 0.717) is 0 Å². The molecule has 0 bridgehead atoms. The number of rotatable bonds is 1. The number of nitrogens with zero attached hydrogens (tertiary/aromatic N) is 2. The number of methoxy groups -OCH3 is 1. The minimum atomic E-state index is -0.100. The van der Waals surface area contributed by atoms with Crippen LogP contribution in [-0.4, -0.2) is 22.9 Å². The molecule has 16 heavy (non-hydrogen) atoms. The summed E-state index contributed by atoms with van der Waals surface area (Å²) in [5, 5.41) is 4.24. The van der Waals surface area contributed by atoms with Gasteiger partial charge in [0.15, 0.2) is 0 Å². The third-order valence-electron chi connectivity index (χ3n) is 2.82. The third-order valence-corrected chi connectivity index (χ3v) is 2.82. The molecule has 1 unspecified atom stereocenters. The van der Waals surface area contributed by atoms with Gasteiger partial charge < -0.3 is 4.74 Å². The summed E-state index contributed by atoms with van der Waals surface area (Å²) in [5.41, 5.74) is 2.34. The quantitative estimate of drug-likeness (QED) is 0.685. The fourth-order valence-electron chi connectivity index (χ4n) is 1.94. The second-order valence-electron chi connectivity index (χ2n) is 3.71. The van der Waals surface area contributed by atoms with E-state index in [2.05, 4.69) is 5.10 Å². The Kier molecular flexibility index (Phi) is 4.52. The van der Waals surface area contributed by atoms with E-state index in [9.17, 15) is 4.79 Å². The third kappa shape index (κ3) is 2.43. The highest BCUT2D eigenvalue weighted by Crippen LogP contribution is 2.23. The van der Waals surface area contributed by atoms with E-state index < -0.39 is 0 Å². The maximum absolute atomic E-state index is 11.4. The Hall–Kier alpha value is -1.32. The van der Waals surface area contributed by atoms with Crippen molar-refractivity contribution in [3.8, 4) is 0 Å². The standard InChI is InChI=1S/C10H14N2O2.C2H6/c1-7-6-11-12-4-3-8(5-9(7)12)10(13)14-2;1-2/h6,8H,3-5H2,1-2H3;1-2H3. The Labute approximate surface area is 96.6 Å². The molecular weight excluding hydrogens is 204 g/mol. The van der Waals surface area contributed by atoms with Gasteiger partial charge in [0.05, 0.1) is 19.2 Å². The maximum Gasteiger partial charge on any atom is 0.309 e. The summed E-state index contributed by atoms with van der Waals surface area (Å²) in [6.07, 6.45) is 3.45. The first kappa shape index (κ1) is 12.7. The number of aryl methyl sites for hydroxylation is 2. The molecule has 0 amide bonds.